The van der Waals surface area contributed by atoms with Gasteiger partial charge in [0.15, 0.2) is 5.65 Å². The number of aliphatic hydroxyl groups excluding tert-OH is 1. The van der Waals surface area contributed by atoms with Gasteiger partial charge >= 0.3 is 6.03 Å². The molecule has 2 aromatic carbocycles. The third-order valence-corrected chi connectivity index (χ3v) is 9.84. The summed E-state index contributed by atoms with van der Waals surface area (Å²) < 4.78 is 15.9. The van der Waals surface area contributed by atoms with Gasteiger partial charge < -0.3 is 24.8 Å². The third-order valence-electron chi connectivity index (χ3n) is 9.84. The molecule has 1 saturated heterocycles. The number of anilines is 2. The number of nitrogens with one attached hydrogen (secondary N) is 2. The maximum absolute atomic E-state index is 13.7. The number of ether oxygens (including phenoxy) is 2. The van der Waals surface area contributed by atoms with Crippen LogP contribution < -0.4 is 25.0 Å². The van der Waals surface area contributed by atoms with Crippen LogP contribution in [-0.4, -0.2) is 61.3 Å². The molecule has 1 aliphatic carbocycles. The van der Waals surface area contributed by atoms with Gasteiger partial charge in [-0.05, 0) is 74.4 Å². The van der Waals surface area contributed by atoms with Gasteiger partial charge in [-0.3, -0.25) is 9.72 Å². The van der Waals surface area contributed by atoms with Crippen LogP contribution in [-0.2, 0) is 5.41 Å². The average Bonchev–Trinajstić information content (AvgIpc) is 3.76. The average molecular weight is 704 g/mol. The van der Waals surface area contributed by atoms with Crippen LogP contribution in [0.3, 0.4) is 0 Å². The predicted octanol–water partition coefficient (Wildman–Crippen LogP) is 6.61. The molecule has 7 rings (SSSR count). The number of aliphatic hydroxyl groups is 1. The van der Waals surface area contributed by atoms with Crippen molar-refractivity contribution in [2.24, 2.45) is 0 Å². The van der Waals surface area contributed by atoms with E-state index in [4.69, 9.17) is 14.6 Å². The normalized spacial score (nSPS) is 18.8. The first-order valence-corrected chi connectivity index (χ1v) is 18.0. The minimum absolute atomic E-state index is 0.0447. The van der Waals surface area contributed by atoms with E-state index in [-0.39, 0.29) is 36.8 Å². The highest BCUT2D eigenvalue weighted by atomic mass is 16.5. The third kappa shape index (κ3) is 7.11. The summed E-state index contributed by atoms with van der Waals surface area (Å²) in [5.74, 6) is 2.37. The summed E-state index contributed by atoms with van der Waals surface area (Å²) in [6.45, 7) is 9.21. The number of urea groups is 1. The first-order valence-electron chi connectivity index (χ1n) is 18.0. The number of rotatable bonds is 9. The van der Waals surface area contributed by atoms with Gasteiger partial charge in [-0.25, -0.2) is 9.48 Å². The van der Waals surface area contributed by atoms with E-state index >= 15 is 0 Å². The second-order valence-corrected chi connectivity index (χ2v) is 14.5. The quantitative estimate of drug-likeness (QED) is 0.154. The van der Waals surface area contributed by atoms with Crippen molar-refractivity contribution < 1.29 is 19.4 Å². The van der Waals surface area contributed by atoms with Crippen LogP contribution in [0.1, 0.15) is 94.3 Å². The number of hydrogen-bond donors (Lipinski definition) is 3. The summed E-state index contributed by atoms with van der Waals surface area (Å²) in [4.78, 5) is 16.0. The Balaban J connectivity index is 1.10. The molecule has 0 bridgehead atoms. The Hall–Kier alpha value is -5.61. The van der Waals surface area contributed by atoms with Gasteiger partial charge in [-0.1, -0.05) is 45.0 Å². The Morgan fingerprint density at radius 2 is 1.87 bits per heavy atom. The number of pyridine rings is 1. The molecular weight excluding hydrogens is 658 g/mol. The lowest BCUT2D eigenvalue weighted by molar-refractivity contribution is 0.171. The molecule has 13 nitrogen and oxygen atoms in total. The van der Waals surface area contributed by atoms with Crippen molar-refractivity contribution >= 4 is 23.4 Å². The minimum atomic E-state index is -0.372. The lowest BCUT2D eigenvalue weighted by atomic mass is 9.85. The van der Waals surface area contributed by atoms with Crippen molar-refractivity contribution in [2.75, 3.05) is 30.0 Å². The van der Waals surface area contributed by atoms with Gasteiger partial charge in [-0.2, -0.15) is 10.4 Å². The number of piperidine rings is 1. The van der Waals surface area contributed by atoms with E-state index in [1.54, 1.807) is 22.9 Å². The molecule has 2 amide bonds. The first kappa shape index (κ1) is 34.8. The molecular formula is C39H45N9O4. The fourth-order valence-corrected chi connectivity index (χ4v) is 7.06. The number of carbonyl (C=O) groups excluding carboxylic acids is 1. The molecule has 13 heteroatoms. The van der Waals surface area contributed by atoms with Crippen molar-refractivity contribution in [1.29, 1.82) is 5.26 Å². The van der Waals surface area contributed by atoms with Crippen LogP contribution in [0, 0.1) is 11.3 Å². The van der Waals surface area contributed by atoms with E-state index in [9.17, 15) is 15.2 Å². The molecule has 1 unspecified atom stereocenters. The number of benzene rings is 2. The van der Waals surface area contributed by atoms with Crippen molar-refractivity contribution in [1.82, 2.24) is 29.7 Å². The van der Waals surface area contributed by atoms with Crippen LogP contribution >= 0.6 is 0 Å². The van der Waals surface area contributed by atoms with Gasteiger partial charge in [0, 0.05) is 30.1 Å². The summed E-state index contributed by atoms with van der Waals surface area (Å²) >= 11 is 0. The summed E-state index contributed by atoms with van der Waals surface area (Å²) in [7, 11) is 0. The van der Waals surface area contributed by atoms with Crippen LogP contribution in [0.25, 0.3) is 11.3 Å². The highest BCUT2D eigenvalue weighted by Crippen LogP contribution is 2.39. The molecule has 5 aromatic rings. The van der Waals surface area contributed by atoms with E-state index in [2.05, 4.69) is 44.8 Å². The lowest BCUT2D eigenvalue weighted by Crippen LogP contribution is -2.38. The zero-order chi connectivity index (χ0) is 36.4. The molecule has 3 aromatic heterocycles. The molecule has 1 fully saturated rings. The number of amides is 2. The number of nitriles is 1. The standard InChI is InChI=1S/C39H45N9O4/c1-25-9-7-8-18-46(25)38-44-43-35-17-14-28(24-47(35)38)52-32-16-15-31(29-10-5-6-11-30(29)32)41-37(50)42-36-22-34(39(2,3)4)45-48(36)27-13-12-26(23-40)33(21-27)51-20-19-49/h5-6,10-14,17,21-22,24-25,31-32,49H,7-9,15-16,18-20H2,1-4H3,(H2,41,42,50)/t25?,31-,32+/m0/s1. The number of carbonyl (C=O) groups is 1. The molecule has 4 heterocycles. The summed E-state index contributed by atoms with van der Waals surface area (Å²) in [6.07, 6.45) is 6.67. The molecule has 2 aliphatic rings. The van der Waals surface area contributed by atoms with Gasteiger partial charge in [-0.15, -0.1) is 10.2 Å². The van der Waals surface area contributed by atoms with Crippen molar-refractivity contribution in [3.05, 3.63) is 89.2 Å². The fourth-order valence-electron chi connectivity index (χ4n) is 7.06. The number of fused-ring (bicyclic) bond motifs is 2. The minimum Gasteiger partial charge on any atom is -0.490 e. The van der Waals surface area contributed by atoms with E-state index in [1.807, 2.05) is 67.8 Å². The zero-order valence-corrected chi connectivity index (χ0v) is 30.0. The first-order chi connectivity index (χ1) is 25.1. The highest BCUT2D eigenvalue weighted by molar-refractivity contribution is 5.89. The van der Waals surface area contributed by atoms with Crippen molar-refractivity contribution in [3.63, 3.8) is 0 Å². The van der Waals surface area contributed by atoms with E-state index in [1.165, 1.54) is 6.42 Å². The van der Waals surface area contributed by atoms with Crippen molar-refractivity contribution in [3.8, 4) is 23.3 Å². The molecule has 0 radical (unpaired) electrons. The lowest BCUT2D eigenvalue weighted by Gasteiger charge is -2.33. The number of aromatic nitrogens is 5. The Bertz CT molecular complexity index is 2110. The van der Waals surface area contributed by atoms with Crippen LogP contribution in [0.15, 0.2) is 66.9 Å². The van der Waals surface area contributed by atoms with Gasteiger partial charge in [0.05, 0.1) is 35.8 Å². The highest BCUT2D eigenvalue weighted by Gasteiger charge is 2.31. The van der Waals surface area contributed by atoms with E-state index in [0.29, 0.717) is 41.7 Å². The van der Waals surface area contributed by atoms with Gasteiger partial charge in [0.25, 0.3) is 0 Å². The Morgan fingerprint density at radius 3 is 2.63 bits per heavy atom. The molecule has 0 saturated carbocycles. The summed E-state index contributed by atoms with van der Waals surface area (Å²) in [5.41, 5.74) is 4.22. The van der Waals surface area contributed by atoms with Crippen molar-refractivity contribution in [2.45, 2.75) is 83.4 Å². The topological polar surface area (TPSA) is 155 Å². The van der Waals surface area contributed by atoms with Crippen LogP contribution in [0.2, 0.25) is 0 Å². The molecule has 3 atom stereocenters. The Labute approximate surface area is 303 Å². The predicted molar refractivity (Wildman–Crippen MR) is 197 cm³/mol. The second-order valence-electron chi connectivity index (χ2n) is 14.5. The molecule has 1 aliphatic heterocycles. The number of hydrogen-bond acceptors (Lipinski definition) is 9. The molecule has 3 N–H and O–H groups in total. The smallest absolute Gasteiger partial charge is 0.320 e. The molecule has 52 heavy (non-hydrogen) atoms. The SMILES string of the molecule is CC1CCCCN1c1nnc2ccc(O[C@@H]3CC[C@H](NC(=O)Nc4cc(C(C)(C)C)nn4-c4ccc(C#N)c(OCCO)c4)c4ccccc43)cn12. The monoisotopic (exact) mass is 703 g/mol. The zero-order valence-electron chi connectivity index (χ0n) is 30.0. The van der Waals surface area contributed by atoms with Gasteiger partial charge in [0.2, 0.25) is 5.95 Å². The Morgan fingerprint density at radius 1 is 1.04 bits per heavy atom. The van der Waals surface area contributed by atoms with Crippen LogP contribution in [0.4, 0.5) is 16.6 Å². The largest absolute Gasteiger partial charge is 0.490 e. The van der Waals surface area contributed by atoms with E-state index in [0.717, 1.165) is 53.6 Å². The summed E-state index contributed by atoms with van der Waals surface area (Å²) in [5, 5.41) is 38.8. The van der Waals surface area contributed by atoms with Crippen LogP contribution in [0.5, 0.6) is 11.5 Å². The Kier molecular flexibility index (Phi) is 9.75. The fraction of sp³-hybridized carbons (Fsp3) is 0.410. The second kappa shape index (κ2) is 14.6. The number of nitrogens with zero attached hydrogens (tertiary/aromatic N) is 7. The summed E-state index contributed by atoms with van der Waals surface area (Å²) in [6, 6.07) is 20.8. The molecule has 270 valence electrons. The van der Waals surface area contributed by atoms with E-state index < -0.39 is 0 Å². The van der Waals surface area contributed by atoms with Gasteiger partial charge in [0.1, 0.15) is 36.1 Å². The maximum atomic E-state index is 13.7. The maximum Gasteiger partial charge on any atom is 0.320 e. The molecule has 0 spiro atoms.